The number of ether oxygens (including phenoxy) is 1. The molecule has 2 aromatic heterocycles. The summed E-state index contributed by atoms with van der Waals surface area (Å²) < 4.78 is 7.65. The Kier molecular flexibility index (Phi) is 6.00. The molecule has 3 N–H and O–H groups in total. The Morgan fingerprint density at radius 1 is 1.32 bits per heavy atom. The molecule has 22 heavy (non-hydrogen) atoms. The minimum absolute atomic E-state index is 0.478. The Morgan fingerprint density at radius 3 is 2.86 bits per heavy atom. The Labute approximate surface area is 130 Å². The van der Waals surface area contributed by atoms with Crippen molar-refractivity contribution in [2.45, 2.75) is 39.7 Å². The molecule has 0 amide bonds. The fourth-order valence-corrected chi connectivity index (χ4v) is 1.98. The Balaban J connectivity index is 1.96. The van der Waals surface area contributed by atoms with E-state index in [1.54, 1.807) is 6.20 Å². The smallest absolute Gasteiger partial charge is 0.242 e. The SMILES string of the molecule is CCCOc1nc(CC)nc(NCCCn2ccnc2)c1N. The van der Waals surface area contributed by atoms with Crippen molar-refractivity contribution in [3.8, 4) is 5.88 Å². The second-order valence-corrected chi connectivity index (χ2v) is 4.99. The third kappa shape index (κ3) is 4.34. The van der Waals surface area contributed by atoms with Crippen LogP contribution >= 0.6 is 0 Å². The summed E-state index contributed by atoms with van der Waals surface area (Å²) in [5.41, 5.74) is 6.58. The van der Waals surface area contributed by atoms with Crippen LogP contribution in [0.1, 0.15) is 32.5 Å². The van der Waals surface area contributed by atoms with Crippen LogP contribution in [0.5, 0.6) is 5.88 Å². The number of imidazole rings is 1. The Hall–Kier alpha value is -2.31. The molecule has 0 fully saturated rings. The first kappa shape index (κ1) is 16.1. The third-order valence-corrected chi connectivity index (χ3v) is 3.16. The van der Waals surface area contributed by atoms with Crippen molar-refractivity contribution in [3.05, 3.63) is 24.5 Å². The lowest BCUT2D eigenvalue weighted by molar-refractivity contribution is 0.305. The molecule has 2 heterocycles. The van der Waals surface area contributed by atoms with Crippen LogP contribution in [-0.4, -0.2) is 32.7 Å². The molecule has 0 radical (unpaired) electrons. The van der Waals surface area contributed by atoms with Crippen molar-refractivity contribution in [1.29, 1.82) is 0 Å². The highest BCUT2D eigenvalue weighted by Gasteiger charge is 2.12. The van der Waals surface area contributed by atoms with E-state index < -0.39 is 0 Å². The maximum Gasteiger partial charge on any atom is 0.242 e. The largest absolute Gasteiger partial charge is 0.476 e. The normalized spacial score (nSPS) is 10.6. The molecule has 2 rings (SSSR count). The van der Waals surface area contributed by atoms with Gasteiger partial charge in [-0.05, 0) is 12.8 Å². The predicted molar refractivity (Wildman–Crippen MR) is 86.9 cm³/mol. The fraction of sp³-hybridized carbons (Fsp3) is 0.533. The number of aromatic nitrogens is 4. The van der Waals surface area contributed by atoms with Gasteiger partial charge < -0.3 is 20.4 Å². The highest BCUT2D eigenvalue weighted by atomic mass is 16.5. The van der Waals surface area contributed by atoms with Gasteiger partial charge in [0.15, 0.2) is 5.82 Å². The summed E-state index contributed by atoms with van der Waals surface area (Å²) in [5, 5.41) is 3.28. The molecule has 0 unspecified atom stereocenters. The number of aryl methyl sites for hydroxylation is 2. The lowest BCUT2D eigenvalue weighted by Gasteiger charge is -2.13. The number of hydrogen-bond acceptors (Lipinski definition) is 6. The van der Waals surface area contributed by atoms with Crippen molar-refractivity contribution in [3.63, 3.8) is 0 Å². The van der Waals surface area contributed by atoms with E-state index >= 15 is 0 Å². The fourth-order valence-electron chi connectivity index (χ4n) is 1.98. The predicted octanol–water partition coefficient (Wildman–Crippen LogP) is 2.11. The van der Waals surface area contributed by atoms with Crippen LogP contribution < -0.4 is 15.8 Å². The molecule has 0 spiro atoms. The van der Waals surface area contributed by atoms with Crippen molar-refractivity contribution in [2.24, 2.45) is 0 Å². The molecule has 0 saturated heterocycles. The van der Waals surface area contributed by atoms with Crippen LogP contribution in [0.15, 0.2) is 18.7 Å². The summed E-state index contributed by atoms with van der Waals surface area (Å²) in [6.45, 7) is 6.34. The zero-order valence-corrected chi connectivity index (χ0v) is 13.2. The quantitative estimate of drug-likeness (QED) is 0.689. The summed E-state index contributed by atoms with van der Waals surface area (Å²) in [7, 11) is 0. The second kappa shape index (κ2) is 8.21. The maximum atomic E-state index is 6.10. The molecule has 0 aliphatic rings. The van der Waals surface area contributed by atoms with Crippen molar-refractivity contribution >= 4 is 11.5 Å². The van der Waals surface area contributed by atoms with Gasteiger partial charge in [0.1, 0.15) is 11.5 Å². The van der Waals surface area contributed by atoms with Gasteiger partial charge in [-0.1, -0.05) is 13.8 Å². The van der Waals surface area contributed by atoms with Crippen LogP contribution in [0, 0.1) is 0 Å². The molecule has 7 nitrogen and oxygen atoms in total. The number of nitrogens with one attached hydrogen (secondary N) is 1. The number of nitrogens with zero attached hydrogens (tertiary/aromatic N) is 4. The average Bonchev–Trinajstić information content (AvgIpc) is 3.05. The van der Waals surface area contributed by atoms with Gasteiger partial charge in [0, 0.05) is 31.9 Å². The zero-order valence-electron chi connectivity index (χ0n) is 13.2. The van der Waals surface area contributed by atoms with Crippen molar-refractivity contribution in [1.82, 2.24) is 19.5 Å². The molecule has 2 aromatic rings. The zero-order chi connectivity index (χ0) is 15.8. The van der Waals surface area contributed by atoms with Gasteiger partial charge in [-0.3, -0.25) is 0 Å². The lowest BCUT2D eigenvalue weighted by atomic mass is 10.3. The van der Waals surface area contributed by atoms with Gasteiger partial charge in [0.2, 0.25) is 5.88 Å². The van der Waals surface area contributed by atoms with E-state index in [0.717, 1.165) is 38.2 Å². The third-order valence-electron chi connectivity index (χ3n) is 3.16. The van der Waals surface area contributed by atoms with Gasteiger partial charge in [0.05, 0.1) is 12.9 Å². The Morgan fingerprint density at radius 2 is 2.18 bits per heavy atom. The lowest BCUT2D eigenvalue weighted by Crippen LogP contribution is -2.12. The van der Waals surface area contributed by atoms with E-state index in [1.807, 2.05) is 30.9 Å². The van der Waals surface area contributed by atoms with E-state index in [1.165, 1.54) is 0 Å². The van der Waals surface area contributed by atoms with Crippen molar-refractivity contribution in [2.75, 3.05) is 24.2 Å². The van der Waals surface area contributed by atoms with Gasteiger partial charge in [-0.2, -0.15) is 4.98 Å². The highest BCUT2D eigenvalue weighted by molar-refractivity contribution is 5.66. The highest BCUT2D eigenvalue weighted by Crippen LogP contribution is 2.26. The number of anilines is 2. The molecular formula is C15H24N6O. The number of nitrogens with two attached hydrogens (primary N) is 1. The van der Waals surface area contributed by atoms with Gasteiger partial charge in [-0.15, -0.1) is 0 Å². The van der Waals surface area contributed by atoms with Crippen LogP contribution in [0.2, 0.25) is 0 Å². The van der Waals surface area contributed by atoms with Crippen molar-refractivity contribution < 1.29 is 4.74 Å². The standard InChI is InChI=1S/C15H24N6O/c1-3-10-22-15-13(16)14(19-12(4-2)20-15)18-6-5-8-21-9-7-17-11-21/h7,9,11H,3-6,8,10,16H2,1-2H3,(H,18,19,20). The first-order valence-electron chi connectivity index (χ1n) is 7.73. The van der Waals surface area contributed by atoms with Gasteiger partial charge in [0.25, 0.3) is 0 Å². The topological polar surface area (TPSA) is 90.9 Å². The van der Waals surface area contributed by atoms with Crippen LogP contribution in [0.25, 0.3) is 0 Å². The summed E-state index contributed by atoms with van der Waals surface area (Å²) >= 11 is 0. The van der Waals surface area contributed by atoms with E-state index in [2.05, 4.69) is 20.3 Å². The van der Waals surface area contributed by atoms with E-state index in [4.69, 9.17) is 10.5 Å². The summed E-state index contributed by atoms with van der Waals surface area (Å²) in [6, 6.07) is 0. The van der Waals surface area contributed by atoms with E-state index in [0.29, 0.717) is 24.0 Å². The Bertz CT molecular complexity index is 570. The summed E-state index contributed by atoms with van der Waals surface area (Å²) in [4.78, 5) is 12.8. The van der Waals surface area contributed by atoms with Crippen LogP contribution in [0.4, 0.5) is 11.5 Å². The minimum atomic E-state index is 0.478. The van der Waals surface area contributed by atoms with E-state index in [-0.39, 0.29) is 0 Å². The molecule has 0 atom stereocenters. The molecule has 0 saturated carbocycles. The minimum Gasteiger partial charge on any atom is -0.476 e. The average molecular weight is 304 g/mol. The monoisotopic (exact) mass is 304 g/mol. The maximum absolute atomic E-state index is 6.10. The first-order valence-corrected chi connectivity index (χ1v) is 7.73. The second-order valence-electron chi connectivity index (χ2n) is 4.99. The van der Waals surface area contributed by atoms with Crippen LogP contribution in [0.3, 0.4) is 0 Å². The summed E-state index contributed by atoms with van der Waals surface area (Å²) in [5.74, 6) is 1.87. The molecule has 0 bridgehead atoms. The van der Waals surface area contributed by atoms with Gasteiger partial charge >= 0.3 is 0 Å². The molecule has 0 aromatic carbocycles. The molecule has 120 valence electrons. The molecular weight excluding hydrogens is 280 g/mol. The number of nitrogen functional groups attached to an aromatic ring is 1. The number of hydrogen-bond donors (Lipinski definition) is 2. The van der Waals surface area contributed by atoms with Gasteiger partial charge in [-0.25, -0.2) is 9.97 Å². The molecule has 0 aliphatic heterocycles. The first-order chi connectivity index (χ1) is 10.7. The van der Waals surface area contributed by atoms with E-state index in [9.17, 15) is 0 Å². The van der Waals surface area contributed by atoms with Crippen LogP contribution in [-0.2, 0) is 13.0 Å². The molecule has 0 aliphatic carbocycles. The molecule has 7 heteroatoms. The number of rotatable bonds is 9. The summed E-state index contributed by atoms with van der Waals surface area (Å²) in [6.07, 6.45) is 8.15.